The van der Waals surface area contributed by atoms with Crippen LogP contribution in [0.1, 0.15) is 31.2 Å². The van der Waals surface area contributed by atoms with Crippen LogP contribution in [0.2, 0.25) is 5.02 Å². The fourth-order valence-electron chi connectivity index (χ4n) is 2.84. The first-order chi connectivity index (χ1) is 10.0. The Hall–Kier alpha value is -1.55. The van der Waals surface area contributed by atoms with E-state index in [0.29, 0.717) is 19.4 Å². The molecule has 0 spiro atoms. The molecule has 1 saturated carbocycles. The average molecular weight is 308 g/mol. The Labute approximate surface area is 128 Å². The van der Waals surface area contributed by atoms with Crippen LogP contribution in [0.25, 0.3) is 0 Å². The molecule has 0 bridgehead atoms. The third-order valence-corrected chi connectivity index (χ3v) is 4.33. The van der Waals surface area contributed by atoms with E-state index in [1.54, 1.807) is 0 Å². The highest BCUT2D eigenvalue weighted by molar-refractivity contribution is 6.30. The monoisotopic (exact) mass is 307 g/mol. The number of carbonyl (C=O) groups excluding carboxylic acids is 2. The van der Waals surface area contributed by atoms with E-state index in [1.807, 2.05) is 24.3 Å². The number of halogens is 1. The lowest BCUT2D eigenvalue weighted by molar-refractivity contribution is -0.138. The summed E-state index contributed by atoms with van der Waals surface area (Å²) in [5.74, 6) is -0.162. The van der Waals surface area contributed by atoms with Gasteiger partial charge in [0.1, 0.15) is 0 Å². The highest BCUT2D eigenvalue weighted by Crippen LogP contribution is 2.39. The second-order valence-corrected chi connectivity index (χ2v) is 6.53. The molecular formula is C16H18ClNO3. The zero-order valence-corrected chi connectivity index (χ0v) is 12.5. The quantitative estimate of drug-likeness (QED) is 0.850. The molecule has 5 heteroatoms. The Balaban J connectivity index is 1.54. The third-order valence-electron chi connectivity index (χ3n) is 4.10. The Morgan fingerprint density at radius 3 is 2.86 bits per heavy atom. The van der Waals surface area contributed by atoms with Gasteiger partial charge in [0, 0.05) is 22.9 Å². The Morgan fingerprint density at radius 2 is 2.24 bits per heavy atom. The van der Waals surface area contributed by atoms with E-state index >= 15 is 0 Å². The van der Waals surface area contributed by atoms with E-state index in [-0.39, 0.29) is 23.3 Å². The summed E-state index contributed by atoms with van der Waals surface area (Å²) < 4.78 is 4.89. The van der Waals surface area contributed by atoms with Crippen LogP contribution in [-0.4, -0.2) is 24.0 Å². The molecular weight excluding hydrogens is 290 g/mol. The van der Waals surface area contributed by atoms with Gasteiger partial charge in [-0.05, 0) is 37.0 Å². The van der Waals surface area contributed by atoms with E-state index in [4.69, 9.17) is 16.3 Å². The molecule has 1 aromatic rings. The van der Waals surface area contributed by atoms with Crippen molar-refractivity contribution in [3.05, 3.63) is 34.9 Å². The van der Waals surface area contributed by atoms with Crippen molar-refractivity contribution in [1.29, 1.82) is 0 Å². The lowest BCUT2D eigenvalue weighted by Crippen LogP contribution is -2.39. The number of amides is 1. The normalized spacial score (nSPS) is 22.7. The van der Waals surface area contributed by atoms with E-state index in [0.717, 1.165) is 29.8 Å². The van der Waals surface area contributed by atoms with Crippen LogP contribution in [0, 0.1) is 5.92 Å². The molecule has 0 unspecified atom stereocenters. The fraction of sp³-hybridized carbons (Fsp3) is 0.500. The van der Waals surface area contributed by atoms with Gasteiger partial charge < -0.3 is 10.1 Å². The van der Waals surface area contributed by atoms with Crippen molar-refractivity contribution in [1.82, 2.24) is 5.32 Å². The molecule has 21 heavy (non-hydrogen) atoms. The highest BCUT2D eigenvalue weighted by Gasteiger charge is 2.44. The van der Waals surface area contributed by atoms with Crippen LogP contribution < -0.4 is 5.32 Å². The Kier molecular flexibility index (Phi) is 3.89. The maximum absolute atomic E-state index is 12.1. The fourth-order valence-corrected chi connectivity index (χ4v) is 3.05. The van der Waals surface area contributed by atoms with Gasteiger partial charge in [-0.15, -0.1) is 0 Å². The SMILES string of the molecule is O=C(C[C@H]1COC(=O)C1)NC1(Cc2cccc(Cl)c2)CC1. The van der Waals surface area contributed by atoms with Gasteiger partial charge in [-0.25, -0.2) is 0 Å². The summed E-state index contributed by atoms with van der Waals surface area (Å²) in [5.41, 5.74) is 1.02. The van der Waals surface area contributed by atoms with Gasteiger partial charge in [-0.2, -0.15) is 0 Å². The van der Waals surface area contributed by atoms with E-state index in [9.17, 15) is 9.59 Å². The van der Waals surface area contributed by atoms with E-state index in [2.05, 4.69) is 5.32 Å². The molecule has 1 N–H and O–H groups in total. The standard InChI is InChI=1S/C16H18ClNO3/c17-13-3-1-2-11(6-13)9-16(4-5-16)18-14(19)7-12-8-15(20)21-10-12/h1-3,6,12H,4-5,7-10H2,(H,18,19)/t12-/m1/s1. The summed E-state index contributed by atoms with van der Waals surface area (Å²) in [6.07, 6.45) is 3.51. The van der Waals surface area contributed by atoms with Crippen molar-refractivity contribution in [3.8, 4) is 0 Å². The van der Waals surface area contributed by atoms with Gasteiger partial charge in [-0.1, -0.05) is 23.7 Å². The maximum atomic E-state index is 12.1. The zero-order chi connectivity index (χ0) is 14.9. The largest absolute Gasteiger partial charge is 0.465 e. The van der Waals surface area contributed by atoms with Crippen molar-refractivity contribution >= 4 is 23.5 Å². The van der Waals surface area contributed by atoms with Gasteiger partial charge in [-0.3, -0.25) is 9.59 Å². The number of hydrogen-bond acceptors (Lipinski definition) is 3. The summed E-state index contributed by atoms with van der Waals surface area (Å²) in [4.78, 5) is 23.2. The second kappa shape index (κ2) is 5.68. The Morgan fingerprint density at radius 1 is 1.43 bits per heavy atom. The molecule has 0 radical (unpaired) electrons. The number of nitrogens with one attached hydrogen (secondary N) is 1. The number of benzene rings is 1. The van der Waals surface area contributed by atoms with Gasteiger partial charge in [0.05, 0.1) is 13.0 Å². The maximum Gasteiger partial charge on any atom is 0.306 e. The van der Waals surface area contributed by atoms with Gasteiger partial charge in [0.25, 0.3) is 0 Å². The van der Waals surface area contributed by atoms with Crippen LogP contribution in [0.15, 0.2) is 24.3 Å². The summed E-state index contributed by atoms with van der Waals surface area (Å²) >= 11 is 5.99. The van der Waals surface area contributed by atoms with Crippen LogP contribution >= 0.6 is 11.6 Å². The smallest absolute Gasteiger partial charge is 0.306 e. The first-order valence-corrected chi connectivity index (χ1v) is 7.64. The number of carbonyl (C=O) groups is 2. The molecule has 1 amide bonds. The molecule has 2 fully saturated rings. The minimum absolute atomic E-state index is 0.0119. The van der Waals surface area contributed by atoms with Crippen molar-refractivity contribution in [2.45, 2.75) is 37.6 Å². The number of hydrogen-bond donors (Lipinski definition) is 1. The number of ether oxygens (including phenoxy) is 1. The number of esters is 1. The highest BCUT2D eigenvalue weighted by atomic mass is 35.5. The summed E-state index contributed by atoms with van der Waals surface area (Å²) in [7, 11) is 0. The zero-order valence-electron chi connectivity index (χ0n) is 11.7. The van der Waals surface area contributed by atoms with Gasteiger partial charge in [0.2, 0.25) is 5.91 Å². The van der Waals surface area contributed by atoms with Crippen LogP contribution in [0.3, 0.4) is 0 Å². The third kappa shape index (κ3) is 3.76. The number of cyclic esters (lactones) is 1. The molecule has 1 heterocycles. The average Bonchev–Trinajstić information content (AvgIpc) is 3.02. The van der Waals surface area contributed by atoms with Gasteiger partial charge in [0.15, 0.2) is 0 Å². The minimum atomic E-state index is -0.201. The molecule has 1 saturated heterocycles. The topological polar surface area (TPSA) is 55.4 Å². The van der Waals surface area contributed by atoms with E-state index in [1.165, 1.54) is 0 Å². The summed E-state index contributed by atoms with van der Waals surface area (Å²) in [5, 5.41) is 3.85. The lowest BCUT2D eigenvalue weighted by Gasteiger charge is -2.18. The van der Waals surface area contributed by atoms with Crippen LogP contribution in [0.5, 0.6) is 0 Å². The summed E-state index contributed by atoms with van der Waals surface area (Å²) in [6.45, 7) is 0.369. The molecule has 112 valence electrons. The Bertz CT molecular complexity index is 568. The minimum Gasteiger partial charge on any atom is -0.465 e. The molecule has 1 atom stereocenters. The molecule has 1 aromatic carbocycles. The number of rotatable bonds is 5. The van der Waals surface area contributed by atoms with Crippen molar-refractivity contribution in [2.75, 3.05) is 6.61 Å². The van der Waals surface area contributed by atoms with Crippen LogP contribution in [0.4, 0.5) is 0 Å². The lowest BCUT2D eigenvalue weighted by atomic mass is 10.0. The van der Waals surface area contributed by atoms with Crippen molar-refractivity contribution < 1.29 is 14.3 Å². The van der Waals surface area contributed by atoms with Crippen molar-refractivity contribution in [2.24, 2.45) is 5.92 Å². The molecule has 3 rings (SSSR count). The molecule has 4 nitrogen and oxygen atoms in total. The first-order valence-electron chi connectivity index (χ1n) is 7.26. The molecule has 1 aliphatic heterocycles. The molecule has 0 aromatic heterocycles. The predicted molar refractivity (Wildman–Crippen MR) is 78.9 cm³/mol. The van der Waals surface area contributed by atoms with Crippen molar-refractivity contribution in [3.63, 3.8) is 0 Å². The van der Waals surface area contributed by atoms with Gasteiger partial charge >= 0.3 is 5.97 Å². The molecule has 1 aliphatic carbocycles. The second-order valence-electron chi connectivity index (χ2n) is 6.09. The summed E-state index contributed by atoms with van der Waals surface area (Å²) in [6, 6.07) is 7.75. The first kappa shape index (κ1) is 14.4. The molecule has 2 aliphatic rings. The van der Waals surface area contributed by atoms with Crippen LogP contribution in [-0.2, 0) is 20.7 Å². The predicted octanol–water partition coefficient (Wildman–Crippen LogP) is 2.48. The van der Waals surface area contributed by atoms with E-state index < -0.39 is 0 Å².